The molecule has 5 nitrogen and oxygen atoms in total. The Balaban J connectivity index is 1.25. The van der Waals surface area contributed by atoms with E-state index in [1.165, 1.54) is 21.8 Å². The van der Waals surface area contributed by atoms with Gasteiger partial charge in [-0.05, 0) is 60.7 Å². The minimum absolute atomic E-state index is 0.555. The molecule has 0 aliphatic rings. The summed E-state index contributed by atoms with van der Waals surface area (Å²) in [6, 6.07) is 55.3. The summed E-state index contributed by atoms with van der Waals surface area (Å²) in [5, 5.41) is 17.3. The Morgan fingerprint density at radius 1 is 0.383 bits per heavy atom. The van der Waals surface area contributed by atoms with Crippen LogP contribution in [0.25, 0.3) is 82.7 Å². The van der Waals surface area contributed by atoms with Crippen LogP contribution in [0.15, 0.2) is 152 Å². The van der Waals surface area contributed by atoms with Crippen molar-refractivity contribution < 1.29 is 0 Å². The second-order valence-electron chi connectivity index (χ2n) is 12.0. The third-order valence-corrected chi connectivity index (χ3v) is 9.46. The van der Waals surface area contributed by atoms with Gasteiger partial charge in [-0.15, -0.1) is 0 Å². The monoisotopic (exact) mass is 599 g/mol. The summed E-state index contributed by atoms with van der Waals surface area (Å²) in [6.07, 6.45) is 0. The zero-order valence-corrected chi connectivity index (χ0v) is 25.2. The lowest BCUT2D eigenvalue weighted by Crippen LogP contribution is -2.04. The first-order valence-corrected chi connectivity index (χ1v) is 15.7. The molecular formula is C42H25N5. The van der Waals surface area contributed by atoms with Gasteiger partial charge in [0.25, 0.3) is 0 Å². The molecule has 4 aromatic heterocycles. The fourth-order valence-electron chi connectivity index (χ4n) is 7.51. The fourth-order valence-corrected chi connectivity index (χ4v) is 7.51. The number of para-hydroxylation sites is 5. The zero-order chi connectivity index (χ0) is 31.1. The largest absolute Gasteiger partial charge is 0.309 e. The SMILES string of the molecule is N#Cc1cc(-n2c3ccccc3c3ccccc32)nc(-n2c3ccccc3c3cc(-n4c5ccccc5c5ccccc54)ccc32)c1. The smallest absolute Gasteiger partial charge is 0.141 e. The standard InChI is InChI=1S/C42H25N5/c43-26-27-23-41(46-37-18-8-3-13-31(37)32-14-4-9-19-38(32)46)44-42(24-27)47-39-20-10-5-15-33(39)34-25-28(21-22-40(34)47)45-35-16-6-1-11-29(35)30-12-2-7-17-36(30)45/h1-25H. The van der Waals surface area contributed by atoms with Crippen molar-refractivity contribution in [2.24, 2.45) is 0 Å². The number of nitriles is 1. The summed E-state index contributed by atoms with van der Waals surface area (Å²) in [4.78, 5) is 5.29. The number of pyridine rings is 1. The van der Waals surface area contributed by atoms with E-state index in [1.54, 1.807) is 0 Å². The van der Waals surface area contributed by atoms with E-state index in [4.69, 9.17) is 4.98 Å². The second kappa shape index (κ2) is 9.68. The molecule has 0 radical (unpaired) electrons. The van der Waals surface area contributed by atoms with Gasteiger partial charge in [-0.2, -0.15) is 5.26 Å². The Morgan fingerprint density at radius 2 is 0.745 bits per heavy atom. The van der Waals surface area contributed by atoms with Crippen molar-refractivity contribution in [2.75, 3.05) is 0 Å². The van der Waals surface area contributed by atoms with Gasteiger partial charge in [0.15, 0.2) is 0 Å². The van der Waals surface area contributed by atoms with Crippen LogP contribution in [0.4, 0.5) is 0 Å². The highest BCUT2D eigenvalue weighted by Gasteiger charge is 2.19. The predicted molar refractivity (Wildman–Crippen MR) is 192 cm³/mol. The summed E-state index contributed by atoms with van der Waals surface area (Å²) in [5.74, 6) is 1.42. The Kier molecular flexibility index (Phi) is 5.28. The molecule has 0 aliphatic heterocycles. The molecule has 0 unspecified atom stereocenters. The Labute approximate surface area is 269 Å². The summed E-state index contributed by atoms with van der Waals surface area (Å²) < 4.78 is 6.72. The van der Waals surface area contributed by atoms with E-state index in [0.717, 1.165) is 49.3 Å². The summed E-state index contributed by atoms with van der Waals surface area (Å²) >= 11 is 0. The van der Waals surface area contributed by atoms with Crippen molar-refractivity contribution in [3.05, 3.63) is 157 Å². The van der Waals surface area contributed by atoms with Gasteiger partial charge in [-0.1, -0.05) is 91.0 Å². The topological polar surface area (TPSA) is 51.5 Å². The quantitative estimate of drug-likeness (QED) is 0.203. The Hall–Kier alpha value is -6.64. The van der Waals surface area contributed by atoms with Crippen LogP contribution in [-0.2, 0) is 0 Å². The Morgan fingerprint density at radius 3 is 1.17 bits per heavy atom. The van der Waals surface area contributed by atoms with E-state index >= 15 is 0 Å². The van der Waals surface area contributed by atoms with Crippen LogP contribution < -0.4 is 0 Å². The van der Waals surface area contributed by atoms with Gasteiger partial charge in [-0.25, -0.2) is 4.98 Å². The van der Waals surface area contributed by atoms with E-state index in [1.807, 2.05) is 12.1 Å². The molecule has 0 spiro atoms. The average molecular weight is 600 g/mol. The van der Waals surface area contributed by atoms with Gasteiger partial charge in [0.05, 0.1) is 44.7 Å². The van der Waals surface area contributed by atoms with Crippen LogP contribution >= 0.6 is 0 Å². The zero-order valence-electron chi connectivity index (χ0n) is 25.2. The number of rotatable bonds is 3. The molecular weight excluding hydrogens is 574 g/mol. The molecule has 218 valence electrons. The molecule has 0 atom stereocenters. The highest BCUT2D eigenvalue weighted by molar-refractivity contribution is 6.12. The van der Waals surface area contributed by atoms with Crippen molar-refractivity contribution in [3.63, 3.8) is 0 Å². The molecule has 0 aliphatic carbocycles. The molecule has 0 fully saturated rings. The predicted octanol–water partition coefficient (Wildman–Crippen LogP) is 10.2. The number of hydrogen-bond donors (Lipinski definition) is 0. The van der Waals surface area contributed by atoms with Crippen LogP contribution in [-0.4, -0.2) is 18.7 Å². The Bertz CT molecular complexity index is 2820. The van der Waals surface area contributed by atoms with Crippen molar-refractivity contribution in [2.45, 2.75) is 0 Å². The molecule has 10 rings (SSSR count). The molecule has 47 heavy (non-hydrogen) atoms. The minimum atomic E-state index is 0.555. The maximum absolute atomic E-state index is 10.3. The number of nitrogens with zero attached hydrogens (tertiary/aromatic N) is 5. The highest BCUT2D eigenvalue weighted by atomic mass is 15.1. The molecule has 0 saturated heterocycles. The molecule has 4 heterocycles. The lowest BCUT2D eigenvalue weighted by Gasteiger charge is -2.13. The molecule has 0 N–H and O–H groups in total. The van der Waals surface area contributed by atoms with Gasteiger partial charge >= 0.3 is 0 Å². The van der Waals surface area contributed by atoms with E-state index in [0.29, 0.717) is 17.2 Å². The fraction of sp³-hybridized carbons (Fsp3) is 0. The van der Waals surface area contributed by atoms with Crippen LogP contribution in [0.3, 0.4) is 0 Å². The lowest BCUT2D eigenvalue weighted by atomic mass is 10.1. The van der Waals surface area contributed by atoms with Crippen LogP contribution in [0.1, 0.15) is 5.56 Å². The molecule has 6 aromatic carbocycles. The first-order chi connectivity index (χ1) is 23.3. The number of aromatic nitrogens is 4. The van der Waals surface area contributed by atoms with Crippen LogP contribution in [0.5, 0.6) is 0 Å². The first kappa shape index (κ1) is 25.7. The van der Waals surface area contributed by atoms with Gasteiger partial charge in [0.2, 0.25) is 0 Å². The molecule has 10 aromatic rings. The number of hydrogen-bond acceptors (Lipinski definition) is 2. The third-order valence-electron chi connectivity index (χ3n) is 9.46. The number of fused-ring (bicyclic) bond motifs is 9. The minimum Gasteiger partial charge on any atom is -0.309 e. The maximum Gasteiger partial charge on any atom is 0.141 e. The van der Waals surface area contributed by atoms with Crippen molar-refractivity contribution >= 4 is 65.4 Å². The average Bonchev–Trinajstić information content (AvgIpc) is 3.77. The maximum atomic E-state index is 10.3. The molecule has 5 heteroatoms. The molecule has 0 amide bonds. The van der Waals surface area contributed by atoms with Crippen molar-refractivity contribution in [1.29, 1.82) is 5.26 Å². The number of benzene rings is 6. The van der Waals surface area contributed by atoms with Crippen molar-refractivity contribution in [3.8, 4) is 23.4 Å². The van der Waals surface area contributed by atoms with Crippen molar-refractivity contribution in [1.82, 2.24) is 18.7 Å². The van der Waals surface area contributed by atoms with Gasteiger partial charge in [-0.3, -0.25) is 9.13 Å². The van der Waals surface area contributed by atoms with E-state index in [2.05, 4.69) is 159 Å². The van der Waals surface area contributed by atoms with Gasteiger partial charge in [0.1, 0.15) is 11.6 Å². The van der Waals surface area contributed by atoms with Gasteiger partial charge in [0, 0.05) is 38.0 Å². The second-order valence-corrected chi connectivity index (χ2v) is 12.0. The summed E-state index contributed by atoms with van der Waals surface area (Å²) in [5.41, 5.74) is 8.19. The lowest BCUT2D eigenvalue weighted by molar-refractivity contribution is 1.01. The van der Waals surface area contributed by atoms with E-state index in [-0.39, 0.29) is 0 Å². The normalized spacial score (nSPS) is 11.8. The van der Waals surface area contributed by atoms with Gasteiger partial charge < -0.3 is 4.57 Å². The summed E-state index contributed by atoms with van der Waals surface area (Å²) in [6.45, 7) is 0. The third kappa shape index (κ3) is 3.61. The van der Waals surface area contributed by atoms with Crippen LogP contribution in [0, 0.1) is 11.3 Å². The molecule has 0 bridgehead atoms. The highest BCUT2D eigenvalue weighted by Crippen LogP contribution is 2.37. The van der Waals surface area contributed by atoms with E-state index in [9.17, 15) is 5.26 Å². The first-order valence-electron chi connectivity index (χ1n) is 15.7. The van der Waals surface area contributed by atoms with Crippen LogP contribution in [0.2, 0.25) is 0 Å². The van der Waals surface area contributed by atoms with E-state index < -0.39 is 0 Å². The molecule has 0 saturated carbocycles. The summed E-state index contributed by atoms with van der Waals surface area (Å²) in [7, 11) is 0.